The third-order valence-corrected chi connectivity index (χ3v) is 5.38. The summed E-state index contributed by atoms with van der Waals surface area (Å²) in [5, 5.41) is 10.4. The lowest BCUT2D eigenvalue weighted by atomic mass is 9.86. The Balaban J connectivity index is 1.73. The van der Waals surface area contributed by atoms with Crippen molar-refractivity contribution in [2.75, 3.05) is 19.6 Å². The first-order valence-corrected chi connectivity index (χ1v) is 9.86. The summed E-state index contributed by atoms with van der Waals surface area (Å²) in [6, 6.07) is 16.5. The van der Waals surface area contributed by atoms with E-state index in [1.165, 1.54) is 42.6 Å². The quantitative estimate of drug-likeness (QED) is 0.652. The number of allylic oxidation sites excluding steroid dienone is 1. The third-order valence-electron chi connectivity index (χ3n) is 5.38. The lowest BCUT2D eigenvalue weighted by Crippen LogP contribution is -2.21. The van der Waals surface area contributed by atoms with Crippen LogP contribution in [0.5, 0.6) is 5.75 Å². The van der Waals surface area contributed by atoms with Crippen LogP contribution in [-0.4, -0.2) is 29.6 Å². The van der Waals surface area contributed by atoms with Crippen molar-refractivity contribution in [3.63, 3.8) is 0 Å². The molecule has 0 amide bonds. The van der Waals surface area contributed by atoms with Crippen LogP contribution in [0.3, 0.4) is 0 Å². The number of rotatable bonds is 7. The first-order valence-electron chi connectivity index (χ1n) is 9.86. The van der Waals surface area contributed by atoms with Crippen LogP contribution in [0.1, 0.15) is 55.2 Å². The molecule has 3 rings (SSSR count). The summed E-state index contributed by atoms with van der Waals surface area (Å²) < 4.78 is 0. The summed E-state index contributed by atoms with van der Waals surface area (Å²) in [6.07, 6.45) is 7.12. The topological polar surface area (TPSA) is 23.5 Å². The molecule has 0 radical (unpaired) electrons. The van der Waals surface area contributed by atoms with E-state index in [9.17, 15) is 5.11 Å². The molecule has 0 saturated carbocycles. The molecule has 2 aromatic rings. The highest BCUT2D eigenvalue weighted by molar-refractivity contribution is 5.43. The van der Waals surface area contributed by atoms with E-state index in [2.05, 4.69) is 61.2 Å². The lowest BCUT2D eigenvalue weighted by molar-refractivity contribution is 0.368. The minimum atomic E-state index is 0.229. The number of aryl methyl sites for hydroxylation is 1. The zero-order valence-corrected chi connectivity index (χ0v) is 16.1. The van der Waals surface area contributed by atoms with Gasteiger partial charge in [0, 0.05) is 18.0 Å². The Labute approximate surface area is 158 Å². The minimum absolute atomic E-state index is 0.229. The van der Waals surface area contributed by atoms with Crippen molar-refractivity contribution < 1.29 is 5.11 Å². The molecule has 0 aliphatic carbocycles. The van der Waals surface area contributed by atoms with Gasteiger partial charge in [-0.3, -0.25) is 4.90 Å². The molecule has 0 bridgehead atoms. The van der Waals surface area contributed by atoms with Gasteiger partial charge >= 0.3 is 0 Å². The molecular formula is C24H31NO. The van der Waals surface area contributed by atoms with Gasteiger partial charge in [-0.1, -0.05) is 59.7 Å². The SMILES string of the molecule is CC(=CCCC(c1ccccc1)c1cc(C)ccc1O)CN1CCCC1. The van der Waals surface area contributed by atoms with E-state index >= 15 is 0 Å². The van der Waals surface area contributed by atoms with E-state index in [1.54, 1.807) is 0 Å². The Morgan fingerprint density at radius 1 is 1.12 bits per heavy atom. The number of benzene rings is 2. The molecule has 26 heavy (non-hydrogen) atoms. The monoisotopic (exact) mass is 349 g/mol. The third kappa shape index (κ3) is 4.98. The summed E-state index contributed by atoms with van der Waals surface area (Å²) in [7, 11) is 0. The summed E-state index contributed by atoms with van der Waals surface area (Å²) in [6.45, 7) is 7.93. The highest BCUT2D eigenvalue weighted by Crippen LogP contribution is 2.35. The van der Waals surface area contributed by atoms with Crippen molar-refractivity contribution in [3.05, 3.63) is 76.9 Å². The van der Waals surface area contributed by atoms with Gasteiger partial charge in [-0.2, -0.15) is 0 Å². The zero-order chi connectivity index (χ0) is 18.4. The van der Waals surface area contributed by atoms with Gasteiger partial charge in [0.05, 0.1) is 0 Å². The minimum Gasteiger partial charge on any atom is -0.508 e. The van der Waals surface area contributed by atoms with Crippen molar-refractivity contribution in [3.8, 4) is 5.75 Å². The van der Waals surface area contributed by atoms with E-state index in [0.29, 0.717) is 5.75 Å². The van der Waals surface area contributed by atoms with Gasteiger partial charge in [0.2, 0.25) is 0 Å². The van der Waals surface area contributed by atoms with Crippen LogP contribution in [0.4, 0.5) is 0 Å². The second kappa shape index (κ2) is 9.05. The largest absolute Gasteiger partial charge is 0.508 e. The molecule has 1 atom stereocenters. The average molecular weight is 350 g/mol. The molecule has 1 N–H and O–H groups in total. The van der Waals surface area contributed by atoms with Crippen molar-refractivity contribution >= 4 is 0 Å². The first-order chi connectivity index (χ1) is 12.6. The van der Waals surface area contributed by atoms with Gasteiger partial charge in [0.25, 0.3) is 0 Å². The smallest absolute Gasteiger partial charge is 0.119 e. The number of hydrogen-bond donors (Lipinski definition) is 1. The van der Waals surface area contributed by atoms with Crippen LogP contribution in [0, 0.1) is 6.92 Å². The molecule has 138 valence electrons. The maximum atomic E-state index is 10.4. The van der Waals surface area contributed by atoms with Gasteiger partial charge in [-0.15, -0.1) is 0 Å². The highest BCUT2D eigenvalue weighted by Gasteiger charge is 2.17. The van der Waals surface area contributed by atoms with Crippen LogP contribution < -0.4 is 0 Å². The Bertz CT molecular complexity index is 729. The Kier molecular flexibility index (Phi) is 6.51. The first kappa shape index (κ1) is 18.7. The molecule has 2 heteroatoms. The van der Waals surface area contributed by atoms with E-state index < -0.39 is 0 Å². The van der Waals surface area contributed by atoms with Crippen LogP contribution in [0.15, 0.2) is 60.2 Å². The van der Waals surface area contributed by atoms with Gasteiger partial charge in [-0.25, -0.2) is 0 Å². The van der Waals surface area contributed by atoms with Gasteiger partial charge in [0.1, 0.15) is 5.75 Å². The summed E-state index contributed by atoms with van der Waals surface area (Å²) in [4.78, 5) is 2.55. The van der Waals surface area contributed by atoms with Crippen molar-refractivity contribution in [1.29, 1.82) is 0 Å². The van der Waals surface area contributed by atoms with Crippen LogP contribution >= 0.6 is 0 Å². The molecule has 0 spiro atoms. The maximum absolute atomic E-state index is 10.4. The molecular weight excluding hydrogens is 318 g/mol. The maximum Gasteiger partial charge on any atom is 0.119 e. The number of phenols is 1. The van der Waals surface area contributed by atoms with E-state index in [1.807, 2.05) is 12.1 Å². The molecule has 1 aliphatic rings. The number of likely N-dealkylation sites (tertiary alicyclic amines) is 1. The van der Waals surface area contributed by atoms with Gasteiger partial charge < -0.3 is 5.11 Å². The molecule has 2 nitrogen and oxygen atoms in total. The number of nitrogens with zero attached hydrogens (tertiary/aromatic N) is 1. The molecule has 1 aliphatic heterocycles. The molecule has 1 unspecified atom stereocenters. The van der Waals surface area contributed by atoms with Crippen LogP contribution in [-0.2, 0) is 0 Å². The molecule has 1 fully saturated rings. The van der Waals surface area contributed by atoms with E-state index in [4.69, 9.17) is 0 Å². The summed E-state index contributed by atoms with van der Waals surface area (Å²) in [5.41, 5.74) is 4.98. The zero-order valence-electron chi connectivity index (χ0n) is 16.1. The fraction of sp³-hybridized carbons (Fsp3) is 0.417. The molecule has 2 aromatic carbocycles. The Hall–Kier alpha value is -2.06. The van der Waals surface area contributed by atoms with Crippen LogP contribution in [0.2, 0.25) is 0 Å². The summed E-state index contributed by atoms with van der Waals surface area (Å²) >= 11 is 0. The number of hydrogen-bond acceptors (Lipinski definition) is 2. The molecule has 1 saturated heterocycles. The second-order valence-corrected chi connectivity index (χ2v) is 7.64. The van der Waals surface area contributed by atoms with Gasteiger partial charge in [0.15, 0.2) is 0 Å². The fourth-order valence-electron chi connectivity index (χ4n) is 3.99. The van der Waals surface area contributed by atoms with Crippen molar-refractivity contribution in [2.45, 2.75) is 45.4 Å². The fourth-order valence-corrected chi connectivity index (χ4v) is 3.99. The number of aromatic hydroxyl groups is 1. The molecule has 0 aromatic heterocycles. The lowest BCUT2D eigenvalue weighted by Gasteiger charge is -2.20. The van der Waals surface area contributed by atoms with Crippen molar-refractivity contribution in [2.24, 2.45) is 0 Å². The standard InChI is InChI=1S/C24H31NO/c1-19-13-14-24(26)23(17-19)22(21-10-4-3-5-11-21)12-8-9-20(2)18-25-15-6-7-16-25/h3-5,9-11,13-14,17,22,26H,6-8,12,15-16,18H2,1-2H3. The average Bonchev–Trinajstić information content (AvgIpc) is 3.15. The second-order valence-electron chi connectivity index (χ2n) is 7.64. The molecule has 1 heterocycles. The van der Waals surface area contributed by atoms with Crippen LogP contribution in [0.25, 0.3) is 0 Å². The van der Waals surface area contributed by atoms with Crippen molar-refractivity contribution in [1.82, 2.24) is 4.90 Å². The van der Waals surface area contributed by atoms with E-state index in [-0.39, 0.29) is 5.92 Å². The predicted molar refractivity (Wildman–Crippen MR) is 110 cm³/mol. The van der Waals surface area contributed by atoms with Gasteiger partial charge in [-0.05, 0) is 64.3 Å². The predicted octanol–water partition coefficient (Wildman–Crippen LogP) is 5.65. The summed E-state index contributed by atoms with van der Waals surface area (Å²) in [5.74, 6) is 0.633. The van der Waals surface area contributed by atoms with E-state index in [0.717, 1.165) is 24.9 Å². The highest BCUT2D eigenvalue weighted by atomic mass is 16.3. The Morgan fingerprint density at radius 2 is 1.85 bits per heavy atom. The number of phenolic OH excluding ortho intramolecular Hbond substituents is 1. The normalized spacial score (nSPS) is 16.8. The Morgan fingerprint density at radius 3 is 2.58 bits per heavy atom.